The zero-order valence-corrected chi connectivity index (χ0v) is 22.2. The molecular weight excluding hydrogens is 535 g/mol. The minimum absolute atomic E-state index is 0.0491. The first-order valence-corrected chi connectivity index (χ1v) is 13.5. The minimum Gasteiger partial charge on any atom is -0.411 e. The van der Waals surface area contributed by atoms with Crippen molar-refractivity contribution in [1.82, 2.24) is 24.9 Å². The van der Waals surface area contributed by atoms with Crippen LogP contribution in [0.1, 0.15) is 51.1 Å². The van der Waals surface area contributed by atoms with Crippen LogP contribution in [0.4, 0.5) is 0 Å². The Morgan fingerprint density at radius 1 is 0.905 bits per heavy atom. The lowest BCUT2D eigenvalue weighted by Crippen LogP contribution is -2.54. The summed E-state index contributed by atoms with van der Waals surface area (Å²) < 4.78 is 1.61. The second-order valence-corrected chi connectivity index (χ2v) is 10.4. The van der Waals surface area contributed by atoms with Gasteiger partial charge in [0, 0.05) is 47.3 Å². The lowest BCUT2D eigenvalue weighted by Gasteiger charge is -2.27. The first kappa shape index (κ1) is 25.6. The van der Waals surface area contributed by atoms with Gasteiger partial charge in [0.05, 0.1) is 17.0 Å². The third-order valence-electron chi connectivity index (χ3n) is 7.94. The Bertz CT molecular complexity index is 1850. The van der Waals surface area contributed by atoms with Crippen molar-refractivity contribution >= 4 is 42.2 Å². The van der Waals surface area contributed by atoms with E-state index in [0.29, 0.717) is 23.3 Å². The zero-order valence-electron chi connectivity index (χ0n) is 22.2. The third kappa shape index (κ3) is 4.10. The van der Waals surface area contributed by atoms with Crippen molar-refractivity contribution < 1.29 is 24.4 Å². The summed E-state index contributed by atoms with van der Waals surface area (Å²) >= 11 is 0. The van der Waals surface area contributed by atoms with Crippen LogP contribution in [-0.2, 0) is 16.0 Å². The lowest BCUT2D eigenvalue weighted by molar-refractivity contribution is -0.136. The molecular formula is C30H22BN6O5. The maximum Gasteiger partial charge on any atom is 0.317 e. The van der Waals surface area contributed by atoms with Crippen LogP contribution in [0.25, 0.3) is 22.4 Å². The molecule has 1 fully saturated rings. The first-order valence-electron chi connectivity index (χ1n) is 13.5. The molecule has 2 aromatic carbocycles. The number of nitrogens with one attached hydrogen (secondary N) is 1. The molecule has 4 amide bonds. The summed E-state index contributed by atoms with van der Waals surface area (Å²) in [7, 11) is 1.68. The van der Waals surface area contributed by atoms with Gasteiger partial charge in [-0.1, -0.05) is 35.5 Å². The number of hydrogen-bond donors (Lipinski definition) is 2. The van der Waals surface area contributed by atoms with Crippen LogP contribution in [-0.4, -0.2) is 67.6 Å². The molecule has 3 aliphatic rings. The number of piperidine rings is 1. The maximum absolute atomic E-state index is 13.6. The predicted molar refractivity (Wildman–Crippen MR) is 151 cm³/mol. The summed E-state index contributed by atoms with van der Waals surface area (Å²) in [5.41, 5.74) is 6.82. The normalized spacial score (nSPS) is 18.8. The number of carbonyl (C=O) groups is 4. The molecule has 4 aromatic rings. The van der Waals surface area contributed by atoms with Crippen LogP contribution < -0.4 is 10.8 Å². The van der Waals surface area contributed by atoms with Gasteiger partial charge in [0.2, 0.25) is 11.8 Å². The van der Waals surface area contributed by atoms with Crippen LogP contribution in [0.2, 0.25) is 0 Å². The van der Waals surface area contributed by atoms with Gasteiger partial charge >= 0.3 is 7.41 Å². The summed E-state index contributed by atoms with van der Waals surface area (Å²) in [5.74, 6) is -2.23. The number of pyridine rings is 1. The topological polar surface area (TPSA) is 147 Å². The molecule has 1 aliphatic carbocycles. The number of imide groups is 2. The monoisotopic (exact) mass is 557 g/mol. The number of oxime groups is 1. The van der Waals surface area contributed by atoms with E-state index in [-0.39, 0.29) is 24.0 Å². The molecule has 1 saturated heterocycles. The number of aryl methyl sites for hydroxylation is 1. The molecule has 1 radical (unpaired) electrons. The molecule has 2 aromatic heterocycles. The quantitative estimate of drug-likeness (QED) is 0.165. The second kappa shape index (κ2) is 9.91. The smallest absolute Gasteiger partial charge is 0.317 e. The van der Waals surface area contributed by atoms with Crippen molar-refractivity contribution in [3.63, 3.8) is 0 Å². The minimum atomic E-state index is -1.05. The Hall–Kier alpha value is -5.39. The van der Waals surface area contributed by atoms with Gasteiger partial charge in [-0.15, -0.1) is 0 Å². The van der Waals surface area contributed by atoms with E-state index in [9.17, 15) is 24.4 Å². The average Bonchev–Trinajstić information content (AvgIpc) is 3.68. The van der Waals surface area contributed by atoms with Crippen LogP contribution in [0.3, 0.4) is 0 Å². The fourth-order valence-corrected chi connectivity index (χ4v) is 5.92. The molecule has 0 spiro atoms. The van der Waals surface area contributed by atoms with Crippen molar-refractivity contribution in [3.8, 4) is 22.4 Å². The van der Waals surface area contributed by atoms with Crippen molar-refractivity contribution in [2.75, 3.05) is 0 Å². The summed E-state index contributed by atoms with van der Waals surface area (Å²) in [5, 5.41) is 19.8. The Morgan fingerprint density at radius 2 is 1.74 bits per heavy atom. The summed E-state index contributed by atoms with van der Waals surface area (Å²) in [6.45, 7) is 0. The van der Waals surface area contributed by atoms with E-state index in [0.717, 1.165) is 39.1 Å². The van der Waals surface area contributed by atoms with Crippen molar-refractivity contribution in [2.24, 2.45) is 5.16 Å². The van der Waals surface area contributed by atoms with Crippen LogP contribution in [0.15, 0.2) is 72.3 Å². The van der Waals surface area contributed by atoms with Gasteiger partial charge in [-0.2, -0.15) is 5.10 Å². The molecule has 205 valence electrons. The molecule has 12 heteroatoms. The number of aromatic nitrogens is 3. The van der Waals surface area contributed by atoms with Gasteiger partial charge in [0.15, 0.2) is 0 Å². The average molecular weight is 557 g/mol. The fraction of sp³-hybridized carbons (Fsp3) is 0.167. The number of fused-ring (bicyclic) bond motifs is 2. The van der Waals surface area contributed by atoms with E-state index >= 15 is 0 Å². The second-order valence-electron chi connectivity index (χ2n) is 10.4. The van der Waals surface area contributed by atoms with E-state index in [2.05, 4.69) is 21.5 Å². The molecule has 2 N–H and O–H groups in total. The van der Waals surface area contributed by atoms with Crippen LogP contribution in [0, 0.1) is 0 Å². The third-order valence-corrected chi connectivity index (χ3v) is 7.94. The van der Waals surface area contributed by atoms with Crippen molar-refractivity contribution in [3.05, 3.63) is 89.4 Å². The van der Waals surface area contributed by atoms with Gasteiger partial charge in [0.25, 0.3) is 11.8 Å². The molecule has 1 atom stereocenters. The molecule has 2 aliphatic heterocycles. The zero-order chi connectivity index (χ0) is 29.0. The van der Waals surface area contributed by atoms with E-state index in [4.69, 9.17) is 5.10 Å². The highest BCUT2D eigenvalue weighted by Gasteiger charge is 2.45. The van der Waals surface area contributed by atoms with Crippen molar-refractivity contribution in [1.29, 1.82) is 0 Å². The highest BCUT2D eigenvalue weighted by atomic mass is 16.4. The summed E-state index contributed by atoms with van der Waals surface area (Å²) in [6, 6.07) is 13.6. The fourth-order valence-electron chi connectivity index (χ4n) is 5.92. The molecule has 0 bridgehead atoms. The summed E-state index contributed by atoms with van der Waals surface area (Å²) in [4.78, 5) is 56.1. The number of hydrogen-bond acceptors (Lipinski definition) is 8. The van der Waals surface area contributed by atoms with Crippen LogP contribution in [0.5, 0.6) is 0 Å². The van der Waals surface area contributed by atoms with Gasteiger partial charge < -0.3 is 9.80 Å². The predicted octanol–water partition coefficient (Wildman–Crippen LogP) is 1.93. The van der Waals surface area contributed by atoms with Crippen molar-refractivity contribution in [2.45, 2.75) is 31.7 Å². The Labute approximate surface area is 240 Å². The Balaban J connectivity index is 1.26. The first-order chi connectivity index (χ1) is 20.4. The molecule has 0 saturated carbocycles. The number of amides is 4. The Kier molecular flexibility index (Phi) is 6.04. The molecule has 7 rings (SSSR count). The lowest BCUT2D eigenvalue weighted by atomic mass is 9.78. The van der Waals surface area contributed by atoms with Gasteiger partial charge in [0.1, 0.15) is 6.04 Å². The molecule has 4 heterocycles. The van der Waals surface area contributed by atoms with Gasteiger partial charge in [-0.25, -0.2) is 0 Å². The highest BCUT2D eigenvalue weighted by Crippen LogP contribution is 2.34. The number of carbonyl (C=O) groups excluding carboxylic acids is 4. The SMILES string of the molecule is O=C1CCC(N2C(=O)c3cccc([B]n4cc(-c5ccc6c(c5)CC/C6=N\O)c(-c5ccncc5)n4)c3C2=O)C(=O)N1. The van der Waals surface area contributed by atoms with Gasteiger partial charge in [-0.3, -0.25) is 34.4 Å². The van der Waals surface area contributed by atoms with E-state index in [1.807, 2.05) is 30.5 Å². The van der Waals surface area contributed by atoms with Crippen LogP contribution >= 0.6 is 0 Å². The van der Waals surface area contributed by atoms with Gasteiger partial charge in [-0.05, 0) is 54.1 Å². The largest absolute Gasteiger partial charge is 0.411 e. The number of nitrogens with zero attached hydrogens (tertiary/aromatic N) is 5. The standard InChI is InChI=1S/C30H22BN6O5/c38-25-9-8-24(28(39)33-25)37-29(40)20-2-1-3-22(26(20)30(37)41)31-36-15-21(27(34-36)16-10-12-32-13-11-16)18-4-6-19-17(14-18)5-7-23(19)35-42/h1-4,6,10-15,24,42H,5,7-9H2,(H,33,38,39)/b35-23+. The number of benzene rings is 2. The highest BCUT2D eigenvalue weighted by molar-refractivity contribution is 6.55. The number of rotatable bonds is 5. The molecule has 42 heavy (non-hydrogen) atoms. The Morgan fingerprint density at radius 3 is 2.52 bits per heavy atom. The maximum atomic E-state index is 13.6. The molecule has 1 unspecified atom stereocenters. The van der Waals surface area contributed by atoms with E-state index in [1.165, 1.54) is 0 Å². The summed E-state index contributed by atoms with van der Waals surface area (Å²) in [6.07, 6.45) is 6.79. The van der Waals surface area contributed by atoms with E-state index in [1.54, 1.807) is 42.6 Å². The molecule has 11 nitrogen and oxygen atoms in total. The van der Waals surface area contributed by atoms with E-state index < -0.39 is 29.7 Å².